The number of nitrogens with one attached hydrogen (secondary N) is 1. The predicted octanol–water partition coefficient (Wildman–Crippen LogP) is 5.49. The van der Waals surface area contributed by atoms with Gasteiger partial charge in [0.2, 0.25) is 0 Å². The first-order valence-corrected chi connectivity index (χ1v) is 8.41. The summed E-state index contributed by atoms with van der Waals surface area (Å²) in [4.78, 5) is 13.1. The molecule has 1 heterocycles. The second-order valence-electron chi connectivity index (χ2n) is 5.39. The van der Waals surface area contributed by atoms with Crippen molar-refractivity contribution in [2.24, 2.45) is 0 Å². The lowest BCUT2D eigenvalue weighted by Crippen LogP contribution is -2.26. The molecule has 0 saturated heterocycles. The third-order valence-electron chi connectivity index (χ3n) is 3.83. The average Bonchev–Trinajstić information content (AvgIpc) is 2.86. The molecule has 5 heteroatoms. The molecule has 0 aliphatic carbocycles. The first-order valence-electron chi connectivity index (χ1n) is 7.22. The van der Waals surface area contributed by atoms with E-state index in [4.69, 9.17) is 11.6 Å². The lowest BCUT2D eigenvalue weighted by atomic mass is 10.1. The molecule has 0 bridgehead atoms. The van der Waals surface area contributed by atoms with Crippen LogP contribution in [0.4, 0.5) is 4.39 Å². The molecule has 3 rings (SSSR count). The first kappa shape index (κ1) is 16.0. The number of rotatable bonds is 3. The van der Waals surface area contributed by atoms with Crippen molar-refractivity contribution in [3.05, 3.63) is 69.3 Å². The molecule has 0 aliphatic rings. The van der Waals surface area contributed by atoms with Crippen LogP contribution in [0.15, 0.2) is 42.5 Å². The Balaban J connectivity index is 1.91. The Morgan fingerprint density at radius 3 is 2.65 bits per heavy atom. The molecular formula is C18H15ClFNOS. The number of thiophene rings is 1. The van der Waals surface area contributed by atoms with Gasteiger partial charge in [0.15, 0.2) is 0 Å². The van der Waals surface area contributed by atoms with E-state index in [2.05, 4.69) is 5.32 Å². The molecule has 2 nitrogen and oxygen atoms in total. The number of halogens is 2. The lowest BCUT2D eigenvalue weighted by Gasteiger charge is -2.15. The highest BCUT2D eigenvalue weighted by atomic mass is 35.5. The molecule has 0 saturated carbocycles. The first-order chi connectivity index (χ1) is 11.0. The van der Waals surface area contributed by atoms with Crippen LogP contribution in [0.3, 0.4) is 0 Å². The summed E-state index contributed by atoms with van der Waals surface area (Å²) in [5.41, 5.74) is 1.53. The Bertz CT molecular complexity index is 890. The smallest absolute Gasteiger partial charge is 0.262 e. The van der Waals surface area contributed by atoms with Crippen LogP contribution >= 0.6 is 22.9 Å². The number of carbonyl (C=O) groups is 1. The lowest BCUT2D eigenvalue weighted by molar-refractivity contribution is 0.0943. The van der Waals surface area contributed by atoms with Gasteiger partial charge in [0.25, 0.3) is 5.91 Å². The van der Waals surface area contributed by atoms with Crippen LogP contribution in [0.5, 0.6) is 0 Å². The zero-order valence-electron chi connectivity index (χ0n) is 12.7. The second-order valence-corrected chi connectivity index (χ2v) is 6.85. The van der Waals surface area contributed by atoms with E-state index in [0.717, 1.165) is 10.3 Å². The largest absolute Gasteiger partial charge is 0.345 e. The molecule has 3 aromatic rings. The molecule has 2 aromatic carbocycles. The van der Waals surface area contributed by atoms with Crippen LogP contribution in [0.2, 0.25) is 5.02 Å². The fraction of sp³-hybridized carbons (Fsp3) is 0.167. The van der Waals surface area contributed by atoms with Gasteiger partial charge in [-0.05, 0) is 43.2 Å². The van der Waals surface area contributed by atoms with Gasteiger partial charge in [-0.1, -0.05) is 35.9 Å². The van der Waals surface area contributed by atoms with E-state index in [0.29, 0.717) is 20.8 Å². The minimum absolute atomic E-state index is 0.212. The summed E-state index contributed by atoms with van der Waals surface area (Å²) in [5.74, 6) is -0.509. The molecule has 1 N–H and O–H groups in total. The summed E-state index contributed by atoms with van der Waals surface area (Å²) >= 11 is 7.47. The zero-order valence-corrected chi connectivity index (χ0v) is 14.3. The van der Waals surface area contributed by atoms with Crippen molar-refractivity contribution in [3.8, 4) is 0 Å². The summed E-state index contributed by atoms with van der Waals surface area (Å²) in [6.45, 7) is 3.65. The number of carbonyl (C=O) groups excluding carboxylic acids is 1. The van der Waals surface area contributed by atoms with E-state index >= 15 is 0 Å². The normalized spacial score (nSPS) is 12.3. The van der Waals surface area contributed by atoms with Gasteiger partial charge in [-0.15, -0.1) is 11.3 Å². The highest BCUT2D eigenvalue weighted by molar-refractivity contribution is 7.21. The van der Waals surface area contributed by atoms with E-state index in [1.807, 2.05) is 31.2 Å². The van der Waals surface area contributed by atoms with Crippen molar-refractivity contribution in [3.63, 3.8) is 0 Å². The average molecular weight is 348 g/mol. The molecule has 1 amide bonds. The Hall–Kier alpha value is -1.91. The topological polar surface area (TPSA) is 29.1 Å². The van der Waals surface area contributed by atoms with E-state index < -0.39 is 0 Å². The molecule has 0 radical (unpaired) electrons. The maximum absolute atomic E-state index is 14.0. The van der Waals surface area contributed by atoms with Gasteiger partial charge in [-0.2, -0.15) is 0 Å². The van der Waals surface area contributed by atoms with Gasteiger partial charge in [0.05, 0.1) is 10.9 Å². The van der Waals surface area contributed by atoms with Crippen molar-refractivity contribution in [1.29, 1.82) is 0 Å². The number of aryl methyl sites for hydroxylation is 1. The minimum atomic E-state index is -0.297. The number of hydrogen-bond acceptors (Lipinski definition) is 2. The molecule has 0 aliphatic heterocycles. The maximum atomic E-state index is 14.0. The summed E-state index contributed by atoms with van der Waals surface area (Å²) in [6, 6.07) is 12.1. The van der Waals surface area contributed by atoms with Gasteiger partial charge in [-0.3, -0.25) is 4.79 Å². The Labute approximate surface area is 142 Å². The van der Waals surface area contributed by atoms with Crippen LogP contribution in [0.1, 0.15) is 33.8 Å². The van der Waals surface area contributed by atoms with Gasteiger partial charge < -0.3 is 5.32 Å². The monoisotopic (exact) mass is 347 g/mol. The third kappa shape index (κ3) is 2.96. The molecule has 0 spiro atoms. The highest BCUT2D eigenvalue weighted by Crippen LogP contribution is 2.33. The SMILES string of the molecule is Cc1c(C(=O)NC(C)c2ccccc2Cl)sc2cccc(F)c12. The van der Waals surface area contributed by atoms with E-state index in [-0.39, 0.29) is 17.8 Å². The predicted molar refractivity (Wildman–Crippen MR) is 93.9 cm³/mol. The van der Waals surface area contributed by atoms with Crippen molar-refractivity contribution in [2.75, 3.05) is 0 Å². The third-order valence-corrected chi connectivity index (χ3v) is 5.43. The minimum Gasteiger partial charge on any atom is -0.345 e. The molecule has 118 valence electrons. The molecule has 1 atom stereocenters. The summed E-state index contributed by atoms with van der Waals surface area (Å²) in [5, 5.41) is 4.07. The molecule has 0 fully saturated rings. The van der Waals surface area contributed by atoms with E-state index in [9.17, 15) is 9.18 Å². The quantitative estimate of drug-likeness (QED) is 0.666. The second kappa shape index (κ2) is 6.30. The summed E-state index contributed by atoms with van der Waals surface area (Å²) < 4.78 is 14.7. The van der Waals surface area contributed by atoms with Crippen molar-refractivity contribution in [1.82, 2.24) is 5.32 Å². The standard InChI is InChI=1S/C18H15ClFNOS/c1-10-16-14(20)8-5-9-15(16)23-17(10)18(22)21-11(2)12-6-3-4-7-13(12)19/h3-9,11H,1-2H3,(H,21,22). The molecular weight excluding hydrogens is 333 g/mol. The van der Waals surface area contributed by atoms with Crippen LogP contribution in [0, 0.1) is 12.7 Å². The van der Waals surface area contributed by atoms with Gasteiger partial charge in [-0.25, -0.2) is 4.39 Å². The summed E-state index contributed by atoms with van der Waals surface area (Å²) in [6.07, 6.45) is 0. The van der Waals surface area contributed by atoms with Gasteiger partial charge >= 0.3 is 0 Å². The molecule has 1 unspecified atom stereocenters. The van der Waals surface area contributed by atoms with E-state index in [1.165, 1.54) is 17.4 Å². The maximum Gasteiger partial charge on any atom is 0.262 e. The number of hydrogen-bond donors (Lipinski definition) is 1. The van der Waals surface area contributed by atoms with Crippen LogP contribution in [-0.4, -0.2) is 5.91 Å². The number of fused-ring (bicyclic) bond motifs is 1. The van der Waals surface area contributed by atoms with E-state index in [1.54, 1.807) is 19.1 Å². The zero-order chi connectivity index (χ0) is 16.6. The van der Waals surface area contributed by atoms with Gasteiger partial charge in [0, 0.05) is 15.1 Å². The Morgan fingerprint density at radius 2 is 1.96 bits per heavy atom. The Morgan fingerprint density at radius 1 is 1.22 bits per heavy atom. The van der Waals surface area contributed by atoms with Crippen LogP contribution < -0.4 is 5.32 Å². The van der Waals surface area contributed by atoms with Crippen LogP contribution in [-0.2, 0) is 0 Å². The number of benzene rings is 2. The fourth-order valence-corrected chi connectivity index (χ4v) is 4.06. The number of amides is 1. The van der Waals surface area contributed by atoms with Crippen LogP contribution in [0.25, 0.3) is 10.1 Å². The van der Waals surface area contributed by atoms with Crippen molar-refractivity contribution in [2.45, 2.75) is 19.9 Å². The summed E-state index contributed by atoms with van der Waals surface area (Å²) in [7, 11) is 0. The Kier molecular flexibility index (Phi) is 4.37. The highest BCUT2D eigenvalue weighted by Gasteiger charge is 2.20. The van der Waals surface area contributed by atoms with Gasteiger partial charge in [0.1, 0.15) is 5.82 Å². The van der Waals surface area contributed by atoms with Crippen molar-refractivity contribution < 1.29 is 9.18 Å². The fourth-order valence-electron chi connectivity index (χ4n) is 2.64. The van der Waals surface area contributed by atoms with Crippen molar-refractivity contribution >= 4 is 38.9 Å². The molecule has 23 heavy (non-hydrogen) atoms. The molecule has 1 aromatic heterocycles.